The molecular weight excluding hydrogens is 290 g/mol. The Morgan fingerprint density at radius 1 is 1.76 bits per heavy atom. The maximum Gasteiger partial charge on any atom is 0.358 e. The van der Waals surface area contributed by atoms with E-state index in [1.807, 2.05) is 0 Å². The Balaban J connectivity index is 2.08. The summed E-state index contributed by atoms with van der Waals surface area (Å²) in [6, 6.07) is 1.60. The summed E-state index contributed by atoms with van der Waals surface area (Å²) >= 11 is 3.23. The second-order valence-electron chi connectivity index (χ2n) is 3.97. The monoisotopic (exact) mass is 301 g/mol. The molecule has 2 heterocycles. The topological polar surface area (TPSA) is 68.7 Å². The number of aromatic carboxylic acids is 1. The van der Waals surface area contributed by atoms with Gasteiger partial charge in [-0.1, -0.05) is 6.92 Å². The number of ether oxygens (including phenoxy) is 2. The van der Waals surface area contributed by atoms with E-state index >= 15 is 0 Å². The lowest BCUT2D eigenvalue weighted by Gasteiger charge is -2.33. The molecule has 1 N–H and O–H groups in total. The van der Waals surface area contributed by atoms with Crippen LogP contribution in [0.1, 0.15) is 17.4 Å². The van der Waals surface area contributed by atoms with Gasteiger partial charge in [-0.05, 0) is 22.0 Å². The number of aromatic nitrogens is 1. The number of hydrogen-bond acceptors (Lipinski definition) is 4. The number of halogens is 1. The Morgan fingerprint density at radius 3 is 3.06 bits per heavy atom. The van der Waals surface area contributed by atoms with Crippen molar-refractivity contribution in [2.45, 2.75) is 13.0 Å². The molecule has 92 valence electrons. The van der Waals surface area contributed by atoms with Gasteiger partial charge in [-0.2, -0.15) is 0 Å². The molecule has 1 aromatic heterocycles. The van der Waals surface area contributed by atoms with Crippen LogP contribution in [-0.2, 0) is 4.74 Å². The molecule has 0 bridgehead atoms. The molecule has 0 saturated carbocycles. The molecule has 1 aliphatic rings. The predicted octanol–water partition coefficient (Wildman–Crippen LogP) is 1.96. The fraction of sp³-hybridized carbons (Fsp3) is 0.455. The molecular formula is C11H12BrNO4. The first-order chi connectivity index (χ1) is 8.08. The summed E-state index contributed by atoms with van der Waals surface area (Å²) < 4.78 is 11.4. The van der Waals surface area contributed by atoms with Crippen molar-refractivity contribution in [3.63, 3.8) is 0 Å². The molecule has 2 unspecified atom stereocenters. The SMILES string of the molecule is CC1COC1COc1cc(Br)cnc1C(=O)O. The number of rotatable bonds is 4. The Bertz CT molecular complexity index is 437. The van der Waals surface area contributed by atoms with Crippen molar-refractivity contribution >= 4 is 21.9 Å². The highest BCUT2D eigenvalue weighted by atomic mass is 79.9. The van der Waals surface area contributed by atoms with Gasteiger partial charge in [0.05, 0.1) is 12.7 Å². The van der Waals surface area contributed by atoms with Gasteiger partial charge in [-0.25, -0.2) is 9.78 Å². The van der Waals surface area contributed by atoms with E-state index in [1.165, 1.54) is 6.20 Å². The van der Waals surface area contributed by atoms with Crippen LogP contribution in [0.15, 0.2) is 16.7 Å². The minimum Gasteiger partial charge on any atom is -0.488 e. The predicted molar refractivity (Wildman–Crippen MR) is 63.3 cm³/mol. The molecule has 1 aromatic rings. The molecule has 1 fully saturated rings. The zero-order valence-corrected chi connectivity index (χ0v) is 10.8. The van der Waals surface area contributed by atoms with Crippen LogP contribution in [-0.4, -0.2) is 35.4 Å². The largest absolute Gasteiger partial charge is 0.488 e. The van der Waals surface area contributed by atoms with Crippen LogP contribution in [0, 0.1) is 5.92 Å². The number of carbonyl (C=O) groups is 1. The average Bonchev–Trinajstić information content (AvgIpc) is 2.27. The molecule has 1 saturated heterocycles. The molecule has 17 heavy (non-hydrogen) atoms. The third-order valence-corrected chi connectivity index (χ3v) is 3.07. The molecule has 0 spiro atoms. The molecule has 2 atom stereocenters. The second kappa shape index (κ2) is 5.01. The third-order valence-electron chi connectivity index (χ3n) is 2.63. The average molecular weight is 302 g/mol. The van der Waals surface area contributed by atoms with Crippen LogP contribution >= 0.6 is 15.9 Å². The van der Waals surface area contributed by atoms with Crippen LogP contribution in [0.5, 0.6) is 5.75 Å². The molecule has 0 aromatic carbocycles. The summed E-state index contributed by atoms with van der Waals surface area (Å²) in [5.41, 5.74) is -0.0832. The summed E-state index contributed by atoms with van der Waals surface area (Å²) in [6.07, 6.45) is 1.47. The normalized spacial score (nSPS) is 22.9. The van der Waals surface area contributed by atoms with Crippen molar-refractivity contribution in [2.24, 2.45) is 5.92 Å². The number of nitrogens with zero attached hydrogens (tertiary/aromatic N) is 1. The standard InChI is InChI=1S/C11H12BrNO4/c1-6-4-16-9(6)5-17-8-2-7(12)3-13-10(8)11(14)15/h2-3,6,9H,4-5H2,1H3,(H,14,15). The highest BCUT2D eigenvalue weighted by molar-refractivity contribution is 9.10. The van der Waals surface area contributed by atoms with Gasteiger partial charge in [-0.3, -0.25) is 0 Å². The zero-order chi connectivity index (χ0) is 12.4. The van der Waals surface area contributed by atoms with Crippen molar-refractivity contribution in [1.82, 2.24) is 4.98 Å². The number of hydrogen-bond donors (Lipinski definition) is 1. The first-order valence-electron chi connectivity index (χ1n) is 5.21. The molecule has 0 amide bonds. The van der Waals surface area contributed by atoms with Crippen LogP contribution in [0.3, 0.4) is 0 Å². The van der Waals surface area contributed by atoms with Gasteiger partial charge < -0.3 is 14.6 Å². The van der Waals surface area contributed by atoms with E-state index in [0.29, 0.717) is 17.0 Å². The third kappa shape index (κ3) is 2.76. The van der Waals surface area contributed by atoms with E-state index in [0.717, 1.165) is 6.61 Å². The van der Waals surface area contributed by atoms with Gasteiger partial charge in [-0.15, -0.1) is 0 Å². The van der Waals surface area contributed by atoms with Gasteiger partial charge in [0, 0.05) is 16.6 Å². The van der Waals surface area contributed by atoms with E-state index < -0.39 is 5.97 Å². The van der Waals surface area contributed by atoms with E-state index in [9.17, 15) is 4.79 Å². The molecule has 1 aliphatic heterocycles. The molecule has 2 rings (SSSR count). The minimum atomic E-state index is -1.10. The Labute approximate surface area is 107 Å². The lowest BCUT2D eigenvalue weighted by atomic mass is 10.0. The smallest absolute Gasteiger partial charge is 0.358 e. The lowest BCUT2D eigenvalue weighted by Crippen LogP contribution is -2.42. The summed E-state index contributed by atoms with van der Waals surface area (Å²) in [6.45, 7) is 3.14. The highest BCUT2D eigenvalue weighted by Gasteiger charge is 2.29. The van der Waals surface area contributed by atoms with E-state index in [2.05, 4.69) is 27.8 Å². The van der Waals surface area contributed by atoms with E-state index in [4.69, 9.17) is 14.6 Å². The second-order valence-corrected chi connectivity index (χ2v) is 4.88. The number of carboxylic acids is 1. The van der Waals surface area contributed by atoms with Crippen molar-refractivity contribution in [3.05, 3.63) is 22.4 Å². The van der Waals surface area contributed by atoms with Crippen molar-refractivity contribution in [1.29, 1.82) is 0 Å². The number of carboxylic acid groups (broad SMARTS) is 1. The van der Waals surface area contributed by atoms with Crippen LogP contribution in [0.25, 0.3) is 0 Å². The van der Waals surface area contributed by atoms with Crippen molar-refractivity contribution < 1.29 is 19.4 Å². The molecule has 5 nitrogen and oxygen atoms in total. The Hall–Kier alpha value is -1.14. The Morgan fingerprint density at radius 2 is 2.53 bits per heavy atom. The zero-order valence-electron chi connectivity index (χ0n) is 9.22. The fourth-order valence-electron chi connectivity index (χ4n) is 1.50. The van der Waals surface area contributed by atoms with Gasteiger partial charge in [0.25, 0.3) is 0 Å². The van der Waals surface area contributed by atoms with Crippen LogP contribution < -0.4 is 4.74 Å². The van der Waals surface area contributed by atoms with Gasteiger partial charge in [0.1, 0.15) is 6.61 Å². The number of pyridine rings is 1. The van der Waals surface area contributed by atoms with E-state index in [-0.39, 0.29) is 17.5 Å². The van der Waals surface area contributed by atoms with Crippen molar-refractivity contribution in [3.8, 4) is 5.75 Å². The molecule has 6 heteroatoms. The first kappa shape index (κ1) is 12.3. The maximum absolute atomic E-state index is 10.9. The Kier molecular flexibility index (Phi) is 3.63. The maximum atomic E-state index is 10.9. The minimum absolute atomic E-state index is 0.0376. The summed E-state index contributed by atoms with van der Waals surface area (Å²) in [5.74, 6) is -0.395. The quantitative estimate of drug-likeness (QED) is 0.920. The highest BCUT2D eigenvalue weighted by Crippen LogP contribution is 2.24. The lowest BCUT2D eigenvalue weighted by molar-refractivity contribution is -0.123. The fourth-order valence-corrected chi connectivity index (χ4v) is 1.81. The van der Waals surface area contributed by atoms with Gasteiger partial charge in [0.2, 0.25) is 0 Å². The van der Waals surface area contributed by atoms with Gasteiger partial charge >= 0.3 is 5.97 Å². The van der Waals surface area contributed by atoms with Crippen LogP contribution in [0.4, 0.5) is 0 Å². The summed E-state index contributed by atoms with van der Waals surface area (Å²) in [4.78, 5) is 14.7. The molecule has 0 radical (unpaired) electrons. The molecule has 0 aliphatic carbocycles. The first-order valence-corrected chi connectivity index (χ1v) is 6.00. The van der Waals surface area contributed by atoms with Gasteiger partial charge in [0.15, 0.2) is 11.4 Å². The van der Waals surface area contributed by atoms with Crippen molar-refractivity contribution in [2.75, 3.05) is 13.2 Å². The summed E-state index contributed by atoms with van der Waals surface area (Å²) in [5, 5.41) is 8.96. The summed E-state index contributed by atoms with van der Waals surface area (Å²) in [7, 11) is 0. The van der Waals surface area contributed by atoms with Crippen LogP contribution in [0.2, 0.25) is 0 Å². The van der Waals surface area contributed by atoms with E-state index in [1.54, 1.807) is 6.07 Å².